The van der Waals surface area contributed by atoms with E-state index < -0.39 is 0 Å². The van der Waals surface area contributed by atoms with Gasteiger partial charge >= 0.3 is 0 Å². The number of carbonyl (C=O) groups is 1. The van der Waals surface area contributed by atoms with E-state index in [0.29, 0.717) is 6.42 Å². The molecule has 0 atom stereocenters. The van der Waals surface area contributed by atoms with Crippen LogP contribution in [0.2, 0.25) is 0 Å². The average molecular weight is 190 g/mol. The van der Waals surface area contributed by atoms with Gasteiger partial charge in [0.25, 0.3) is 0 Å². The van der Waals surface area contributed by atoms with E-state index in [-0.39, 0.29) is 0 Å². The minimum absolute atomic E-state index is 0.699. The molecule has 0 saturated carbocycles. The van der Waals surface area contributed by atoms with Crippen LogP contribution in [0.15, 0.2) is 18.2 Å². The second-order valence-corrected chi connectivity index (χ2v) is 3.84. The van der Waals surface area contributed by atoms with Crippen LogP contribution < -0.4 is 0 Å². The smallest absolute Gasteiger partial charge is 0.119 e. The lowest BCUT2D eigenvalue weighted by Crippen LogP contribution is -1.91. The first-order valence-corrected chi connectivity index (χ1v) is 5.24. The standard InChI is InChI=1S/C13H18O/c1-11-7-8-13(12(2)10-11)6-4-3-5-9-14/h7-10H,3-6H2,1-2H3. The van der Waals surface area contributed by atoms with Gasteiger partial charge in [0.05, 0.1) is 0 Å². The molecule has 0 unspecified atom stereocenters. The molecule has 0 saturated heterocycles. The molecule has 1 nitrogen and oxygen atoms in total. The van der Waals surface area contributed by atoms with Gasteiger partial charge in [0, 0.05) is 6.42 Å². The number of hydrogen-bond donors (Lipinski definition) is 0. The normalized spacial score (nSPS) is 10.1. The van der Waals surface area contributed by atoms with Crippen LogP contribution in [0.25, 0.3) is 0 Å². The van der Waals surface area contributed by atoms with E-state index in [1.54, 1.807) is 0 Å². The van der Waals surface area contributed by atoms with Crippen LogP contribution in [0, 0.1) is 13.8 Å². The van der Waals surface area contributed by atoms with Gasteiger partial charge in [0.1, 0.15) is 6.29 Å². The van der Waals surface area contributed by atoms with Crippen molar-refractivity contribution in [2.24, 2.45) is 0 Å². The van der Waals surface area contributed by atoms with Crippen molar-refractivity contribution in [1.29, 1.82) is 0 Å². The number of unbranched alkanes of at least 4 members (excludes halogenated alkanes) is 2. The van der Waals surface area contributed by atoms with Gasteiger partial charge < -0.3 is 4.79 Å². The molecule has 0 bridgehead atoms. The van der Waals surface area contributed by atoms with Crippen LogP contribution in [0.4, 0.5) is 0 Å². The van der Waals surface area contributed by atoms with Crippen molar-refractivity contribution in [3.63, 3.8) is 0 Å². The third kappa shape index (κ3) is 3.33. The van der Waals surface area contributed by atoms with Crippen LogP contribution in [0.5, 0.6) is 0 Å². The van der Waals surface area contributed by atoms with Crippen molar-refractivity contribution in [3.05, 3.63) is 34.9 Å². The summed E-state index contributed by atoms with van der Waals surface area (Å²) in [6.07, 6.45) is 4.92. The lowest BCUT2D eigenvalue weighted by atomic mass is 10.0. The van der Waals surface area contributed by atoms with E-state index in [0.717, 1.165) is 25.5 Å². The molecule has 0 N–H and O–H groups in total. The topological polar surface area (TPSA) is 17.1 Å². The maximum atomic E-state index is 10.1. The molecule has 0 spiro atoms. The van der Waals surface area contributed by atoms with E-state index in [1.807, 2.05) is 0 Å². The van der Waals surface area contributed by atoms with E-state index in [4.69, 9.17) is 0 Å². The Bertz CT molecular complexity index is 302. The van der Waals surface area contributed by atoms with Crippen LogP contribution in [-0.2, 0) is 11.2 Å². The molecule has 0 aromatic heterocycles. The zero-order chi connectivity index (χ0) is 10.4. The molecule has 1 aromatic rings. The largest absolute Gasteiger partial charge is 0.303 e. The lowest BCUT2D eigenvalue weighted by molar-refractivity contribution is -0.107. The summed E-state index contributed by atoms with van der Waals surface area (Å²) >= 11 is 0. The van der Waals surface area contributed by atoms with E-state index in [2.05, 4.69) is 32.0 Å². The Morgan fingerprint density at radius 2 is 2.00 bits per heavy atom. The summed E-state index contributed by atoms with van der Waals surface area (Å²) in [7, 11) is 0. The third-order valence-corrected chi connectivity index (χ3v) is 2.52. The number of aryl methyl sites for hydroxylation is 3. The molecule has 14 heavy (non-hydrogen) atoms. The zero-order valence-electron chi connectivity index (χ0n) is 9.05. The fourth-order valence-electron chi connectivity index (χ4n) is 1.67. The molecule has 0 aliphatic rings. The highest BCUT2D eigenvalue weighted by atomic mass is 16.1. The Morgan fingerprint density at radius 1 is 1.21 bits per heavy atom. The maximum Gasteiger partial charge on any atom is 0.119 e. The van der Waals surface area contributed by atoms with Gasteiger partial charge in [0.15, 0.2) is 0 Å². The number of rotatable bonds is 5. The lowest BCUT2D eigenvalue weighted by Gasteiger charge is -2.05. The van der Waals surface area contributed by atoms with Crippen LogP contribution in [-0.4, -0.2) is 6.29 Å². The first-order chi connectivity index (χ1) is 6.74. The Labute approximate surface area is 86.1 Å². The number of aldehydes is 1. The van der Waals surface area contributed by atoms with Crippen molar-refractivity contribution in [3.8, 4) is 0 Å². The van der Waals surface area contributed by atoms with Crippen LogP contribution in [0.3, 0.4) is 0 Å². The predicted octanol–water partition coefficient (Wildman–Crippen LogP) is 3.22. The first kappa shape index (κ1) is 11.0. The third-order valence-electron chi connectivity index (χ3n) is 2.52. The Hall–Kier alpha value is -1.11. The van der Waals surface area contributed by atoms with Crippen molar-refractivity contribution in [1.82, 2.24) is 0 Å². The SMILES string of the molecule is Cc1ccc(CCCCC=O)c(C)c1. The van der Waals surface area contributed by atoms with E-state index >= 15 is 0 Å². The summed E-state index contributed by atoms with van der Waals surface area (Å²) < 4.78 is 0. The van der Waals surface area contributed by atoms with Crippen molar-refractivity contribution in [2.45, 2.75) is 39.5 Å². The Morgan fingerprint density at radius 3 is 2.64 bits per heavy atom. The van der Waals surface area contributed by atoms with E-state index in [1.165, 1.54) is 16.7 Å². The first-order valence-electron chi connectivity index (χ1n) is 5.24. The van der Waals surface area contributed by atoms with Crippen molar-refractivity contribution in [2.75, 3.05) is 0 Å². The number of benzene rings is 1. The fourth-order valence-corrected chi connectivity index (χ4v) is 1.67. The second kappa shape index (κ2) is 5.58. The summed E-state index contributed by atoms with van der Waals surface area (Å²) in [5.74, 6) is 0. The molecule has 0 heterocycles. The fraction of sp³-hybridized carbons (Fsp3) is 0.462. The molecule has 0 aliphatic heterocycles. The minimum atomic E-state index is 0.699. The summed E-state index contributed by atoms with van der Waals surface area (Å²) in [4.78, 5) is 10.1. The number of carbonyl (C=O) groups excluding carboxylic acids is 1. The molecular formula is C13H18O. The summed E-state index contributed by atoms with van der Waals surface area (Å²) in [5.41, 5.74) is 4.11. The van der Waals surface area contributed by atoms with Gasteiger partial charge in [-0.25, -0.2) is 0 Å². The minimum Gasteiger partial charge on any atom is -0.303 e. The van der Waals surface area contributed by atoms with Gasteiger partial charge in [-0.2, -0.15) is 0 Å². The number of hydrogen-bond acceptors (Lipinski definition) is 1. The average Bonchev–Trinajstić information content (AvgIpc) is 2.15. The molecule has 0 amide bonds. The maximum absolute atomic E-state index is 10.1. The van der Waals surface area contributed by atoms with Gasteiger partial charge in [0.2, 0.25) is 0 Å². The Balaban J connectivity index is 2.46. The molecular weight excluding hydrogens is 172 g/mol. The van der Waals surface area contributed by atoms with Crippen LogP contribution >= 0.6 is 0 Å². The molecule has 0 fully saturated rings. The van der Waals surface area contributed by atoms with Gasteiger partial charge in [-0.15, -0.1) is 0 Å². The molecule has 1 heteroatoms. The zero-order valence-corrected chi connectivity index (χ0v) is 9.05. The van der Waals surface area contributed by atoms with Gasteiger partial charge in [-0.1, -0.05) is 23.8 Å². The summed E-state index contributed by atoms with van der Waals surface area (Å²) in [5, 5.41) is 0. The summed E-state index contributed by atoms with van der Waals surface area (Å²) in [6, 6.07) is 6.57. The highest BCUT2D eigenvalue weighted by molar-refractivity contribution is 5.48. The highest BCUT2D eigenvalue weighted by Crippen LogP contribution is 2.13. The van der Waals surface area contributed by atoms with Crippen LogP contribution in [0.1, 0.15) is 36.0 Å². The molecule has 76 valence electrons. The van der Waals surface area contributed by atoms with E-state index in [9.17, 15) is 4.79 Å². The molecule has 1 rings (SSSR count). The Kier molecular flexibility index (Phi) is 4.37. The molecule has 0 aliphatic carbocycles. The van der Waals surface area contributed by atoms with Gasteiger partial charge in [-0.3, -0.25) is 0 Å². The molecule has 1 aromatic carbocycles. The monoisotopic (exact) mass is 190 g/mol. The van der Waals surface area contributed by atoms with Gasteiger partial charge in [-0.05, 0) is 44.2 Å². The predicted molar refractivity (Wildman–Crippen MR) is 59.5 cm³/mol. The molecule has 0 radical (unpaired) electrons. The van der Waals surface area contributed by atoms with Crippen molar-refractivity contribution >= 4 is 6.29 Å². The second-order valence-electron chi connectivity index (χ2n) is 3.84. The summed E-state index contributed by atoms with van der Waals surface area (Å²) in [6.45, 7) is 4.27. The quantitative estimate of drug-likeness (QED) is 0.514. The van der Waals surface area contributed by atoms with Crippen molar-refractivity contribution < 1.29 is 4.79 Å². The highest BCUT2D eigenvalue weighted by Gasteiger charge is 1.98.